The molecule has 3 atom stereocenters. The van der Waals surface area contributed by atoms with Crippen molar-refractivity contribution in [2.75, 3.05) is 18.0 Å². The van der Waals surface area contributed by atoms with Crippen LogP contribution in [0.4, 0.5) is 18.3 Å². The van der Waals surface area contributed by atoms with Crippen LogP contribution in [0.25, 0.3) is 6.08 Å². The number of aliphatic carboxylic acids is 1. The zero-order valence-corrected chi connectivity index (χ0v) is 19.5. The van der Waals surface area contributed by atoms with Crippen LogP contribution < -0.4 is 11.1 Å². The molecule has 2 aromatic heterocycles. The van der Waals surface area contributed by atoms with Crippen LogP contribution in [-0.2, 0) is 20.6 Å². The molecule has 4 rings (SSSR count). The Bertz CT molecular complexity index is 1250. The Labute approximate surface area is 205 Å². The van der Waals surface area contributed by atoms with Crippen molar-refractivity contribution < 1.29 is 37.9 Å². The fraction of sp³-hybridized carbons (Fsp3) is 0.353. The standard InChI is InChI=1S/C17H14F3N7O5S3/c18-17(19,20)13-22-3-6(34-13)1-2-16(14(30)31)4-27-11(29)8(12(27)33-5-16)23-10(28)7(25-32)9-24-15(21)35-26-9/h1-3,8,12,32H,4-5H2,(H,23,28)(H,30,31)(H2,21,24,26)/t8?,12-,16?/m1/s1. The van der Waals surface area contributed by atoms with Crippen molar-refractivity contribution in [3.05, 3.63) is 28.0 Å². The Hall–Kier alpha value is -3.25. The molecule has 0 aliphatic carbocycles. The number of fused-ring (bicyclic) bond motifs is 1. The number of anilines is 1. The van der Waals surface area contributed by atoms with Gasteiger partial charge in [0.25, 0.3) is 5.91 Å². The summed E-state index contributed by atoms with van der Waals surface area (Å²) in [5, 5.41) is 22.7. The maximum absolute atomic E-state index is 12.8. The number of alkyl halides is 3. The van der Waals surface area contributed by atoms with Gasteiger partial charge in [0, 0.05) is 34.9 Å². The number of thioether (sulfide) groups is 1. The molecular formula is C17H14F3N7O5S3. The van der Waals surface area contributed by atoms with Crippen molar-refractivity contribution in [2.24, 2.45) is 10.6 Å². The summed E-state index contributed by atoms with van der Waals surface area (Å²) in [5.74, 6) is -3.00. The Morgan fingerprint density at radius 2 is 2.14 bits per heavy atom. The van der Waals surface area contributed by atoms with Crippen molar-refractivity contribution >= 4 is 69.3 Å². The number of amides is 2. The van der Waals surface area contributed by atoms with E-state index in [0.717, 1.165) is 29.5 Å². The van der Waals surface area contributed by atoms with Gasteiger partial charge in [-0.1, -0.05) is 11.2 Å². The summed E-state index contributed by atoms with van der Waals surface area (Å²) in [6, 6.07) is -1.02. The molecular weight excluding hydrogens is 535 g/mol. The summed E-state index contributed by atoms with van der Waals surface area (Å²) in [7, 11) is 0. The molecule has 0 radical (unpaired) electrons. The predicted molar refractivity (Wildman–Crippen MR) is 119 cm³/mol. The number of β-lactam (4-membered cyclic amide) rings is 1. The number of rotatable bonds is 6. The van der Waals surface area contributed by atoms with E-state index in [9.17, 15) is 32.7 Å². The Morgan fingerprint density at radius 3 is 2.71 bits per heavy atom. The van der Waals surface area contributed by atoms with Crippen LogP contribution in [0.1, 0.15) is 15.7 Å². The van der Waals surface area contributed by atoms with E-state index >= 15 is 0 Å². The van der Waals surface area contributed by atoms with Gasteiger partial charge in [-0.05, 0) is 6.08 Å². The van der Waals surface area contributed by atoms with Crippen LogP contribution in [0.5, 0.6) is 0 Å². The fourth-order valence-electron chi connectivity index (χ4n) is 3.37. The lowest BCUT2D eigenvalue weighted by molar-refractivity contribution is -0.156. The average molecular weight is 550 g/mol. The van der Waals surface area contributed by atoms with Gasteiger partial charge >= 0.3 is 12.1 Å². The Kier molecular flexibility index (Phi) is 6.45. The molecule has 2 aliphatic rings. The second-order valence-corrected chi connectivity index (χ2v) is 10.3. The first-order chi connectivity index (χ1) is 16.4. The van der Waals surface area contributed by atoms with E-state index in [2.05, 4.69) is 24.8 Å². The number of hydrogen-bond donors (Lipinski definition) is 4. The number of hydrogen-bond acceptors (Lipinski definition) is 12. The first-order valence-electron chi connectivity index (χ1n) is 9.45. The summed E-state index contributed by atoms with van der Waals surface area (Å²) in [6.45, 7) is -0.252. The number of carboxylic acid groups (broad SMARTS) is 1. The molecule has 2 amide bonds. The molecule has 0 bridgehead atoms. The number of thiazole rings is 1. The molecule has 4 heterocycles. The van der Waals surface area contributed by atoms with Gasteiger partial charge < -0.3 is 26.3 Å². The highest BCUT2D eigenvalue weighted by Crippen LogP contribution is 2.43. The van der Waals surface area contributed by atoms with Crippen molar-refractivity contribution in [2.45, 2.75) is 17.6 Å². The monoisotopic (exact) mass is 549 g/mol. The number of nitrogens with zero attached hydrogens (tertiary/aromatic N) is 5. The first-order valence-corrected chi connectivity index (χ1v) is 12.1. The van der Waals surface area contributed by atoms with E-state index in [4.69, 9.17) is 10.9 Å². The Balaban J connectivity index is 1.45. The number of nitrogen functional groups attached to an aromatic ring is 1. The minimum Gasteiger partial charge on any atom is -0.481 e. The molecule has 0 saturated carbocycles. The van der Waals surface area contributed by atoms with E-state index in [1.165, 1.54) is 17.1 Å². The lowest BCUT2D eigenvalue weighted by atomic mass is 9.86. The molecule has 2 unspecified atom stereocenters. The molecule has 2 saturated heterocycles. The van der Waals surface area contributed by atoms with E-state index < -0.39 is 51.5 Å². The molecule has 2 aromatic rings. The van der Waals surface area contributed by atoms with Crippen molar-refractivity contribution in [1.29, 1.82) is 0 Å². The molecule has 35 heavy (non-hydrogen) atoms. The van der Waals surface area contributed by atoms with Gasteiger partial charge in [0.2, 0.25) is 17.4 Å². The van der Waals surface area contributed by atoms with E-state index in [-0.39, 0.29) is 28.1 Å². The number of carboxylic acids is 1. The van der Waals surface area contributed by atoms with Crippen LogP contribution >= 0.6 is 34.6 Å². The van der Waals surface area contributed by atoms with Gasteiger partial charge in [0.05, 0.1) is 0 Å². The minimum absolute atomic E-state index is 0.0182. The number of oxime groups is 1. The molecule has 5 N–H and O–H groups in total. The number of carbonyl (C=O) groups is 3. The lowest BCUT2D eigenvalue weighted by Crippen LogP contribution is -2.73. The molecule has 2 fully saturated rings. The van der Waals surface area contributed by atoms with Gasteiger partial charge in [-0.15, -0.1) is 23.1 Å². The maximum Gasteiger partial charge on any atom is 0.443 e. The lowest BCUT2D eigenvalue weighted by Gasteiger charge is -2.53. The van der Waals surface area contributed by atoms with Gasteiger partial charge in [0.15, 0.2) is 10.1 Å². The third-order valence-corrected chi connectivity index (χ3v) is 8.22. The molecule has 18 heteroatoms. The van der Waals surface area contributed by atoms with Crippen LogP contribution in [-0.4, -0.2) is 76.8 Å². The van der Waals surface area contributed by atoms with Gasteiger partial charge in [-0.3, -0.25) is 14.4 Å². The van der Waals surface area contributed by atoms with Gasteiger partial charge in [-0.25, -0.2) is 4.98 Å². The molecule has 186 valence electrons. The summed E-state index contributed by atoms with van der Waals surface area (Å²) in [4.78, 5) is 45.6. The summed E-state index contributed by atoms with van der Waals surface area (Å²) >= 11 is 2.22. The zero-order valence-electron chi connectivity index (χ0n) is 17.1. The fourth-order valence-corrected chi connectivity index (χ4v) is 6.00. The van der Waals surface area contributed by atoms with Crippen molar-refractivity contribution in [1.82, 2.24) is 24.6 Å². The van der Waals surface area contributed by atoms with Crippen molar-refractivity contribution in [3.8, 4) is 0 Å². The number of halogens is 3. The maximum atomic E-state index is 12.8. The smallest absolute Gasteiger partial charge is 0.443 e. The minimum atomic E-state index is -4.61. The predicted octanol–water partition coefficient (Wildman–Crippen LogP) is 0.958. The third kappa shape index (κ3) is 4.67. The molecule has 12 nitrogen and oxygen atoms in total. The van der Waals surface area contributed by atoms with Crippen LogP contribution in [0.15, 0.2) is 17.4 Å². The third-order valence-electron chi connectivity index (χ3n) is 5.12. The molecule has 0 aromatic carbocycles. The number of carbonyl (C=O) groups excluding carboxylic acids is 2. The molecule has 2 aliphatic heterocycles. The van der Waals surface area contributed by atoms with Gasteiger partial charge in [-0.2, -0.15) is 22.5 Å². The summed E-state index contributed by atoms with van der Waals surface area (Å²) < 4.78 is 42.1. The normalized spacial score (nSPS) is 24.8. The van der Waals surface area contributed by atoms with E-state index in [1.54, 1.807) is 0 Å². The SMILES string of the molecule is Nc1nc(C(=NO)C(=O)NC2C(=O)N3CC(C=Cc4cnc(C(F)(F)F)s4)(C(=O)O)CS[C@H]23)ns1. The highest BCUT2D eigenvalue weighted by Gasteiger charge is 2.57. The summed E-state index contributed by atoms with van der Waals surface area (Å²) in [6.07, 6.45) is -1.13. The van der Waals surface area contributed by atoms with Crippen LogP contribution in [0.3, 0.4) is 0 Å². The first kappa shape index (κ1) is 24.9. The average Bonchev–Trinajstić information content (AvgIpc) is 3.45. The highest BCUT2D eigenvalue weighted by molar-refractivity contribution is 8.00. The zero-order chi connectivity index (χ0) is 25.5. The largest absolute Gasteiger partial charge is 0.481 e. The van der Waals surface area contributed by atoms with E-state index in [1.807, 2.05) is 0 Å². The number of nitrogens with one attached hydrogen (secondary N) is 1. The number of nitrogens with two attached hydrogens (primary N) is 1. The van der Waals surface area contributed by atoms with E-state index in [0.29, 0.717) is 11.3 Å². The van der Waals surface area contributed by atoms with Gasteiger partial charge in [0.1, 0.15) is 16.8 Å². The number of aromatic nitrogens is 3. The van der Waals surface area contributed by atoms with Crippen LogP contribution in [0.2, 0.25) is 0 Å². The quantitative estimate of drug-likeness (QED) is 0.175. The molecule has 0 spiro atoms. The second kappa shape index (κ2) is 9.08. The Morgan fingerprint density at radius 1 is 1.40 bits per heavy atom. The second-order valence-electron chi connectivity index (χ2n) is 7.38. The summed E-state index contributed by atoms with van der Waals surface area (Å²) in [5.41, 5.74) is 3.35. The van der Waals surface area contributed by atoms with Crippen LogP contribution in [0, 0.1) is 5.41 Å². The topological polar surface area (TPSA) is 184 Å². The van der Waals surface area contributed by atoms with Crippen molar-refractivity contribution in [3.63, 3.8) is 0 Å². The highest BCUT2D eigenvalue weighted by atomic mass is 32.2.